The number of rotatable bonds is 7. The zero-order valence-electron chi connectivity index (χ0n) is 13.3. The minimum Gasteiger partial charge on any atom is -0.380 e. The van der Waals surface area contributed by atoms with Crippen LogP contribution in [0, 0.1) is 12.8 Å². The van der Waals surface area contributed by atoms with Crippen molar-refractivity contribution in [1.29, 1.82) is 0 Å². The maximum atomic E-state index is 5.95. The molecule has 1 unspecified atom stereocenters. The number of hydrogen-bond acceptors (Lipinski definition) is 3. The Morgan fingerprint density at radius 2 is 2.14 bits per heavy atom. The van der Waals surface area contributed by atoms with Gasteiger partial charge in [0.05, 0.1) is 12.6 Å². The Morgan fingerprint density at radius 3 is 2.76 bits per heavy atom. The summed E-state index contributed by atoms with van der Waals surface area (Å²) >= 11 is 5.95. The zero-order chi connectivity index (χ0) is 15.4. The summed E-state index contributed by atoms with van der Waals surface area (Å²) in [5.41, 5.74) is 2.99. The number of hydrogen-bond donors (Lipinski definition) is 0. The van der Waals surface area contributed by atoms with Crippen LogP contribution in [0.2, 0.25) is 0 Å². The minimum absolute atomic E-state index is 0.225. The van der Waals surface area contributed by atoms with Crippen molar-refractivity contribution in [3.8, 4) is 0 Å². The number of aromatic nitrogens is 3. The Labute approximate surface area is 131 Å². The Hall–Kier alpha value is -1.13. The van der Waals surface area contributed by atoms with Crippen LogP contribution in [-0.4, -0.2) is 33.6 Å². The molecule has 21 heavy (non-hydrogen) atoms. The number of ether oxygens (including phenoxy) is 1. The van der Waals surface area contributed by atoms with Gasteiger partial charge in [0.1, 0.15) is 11.3 Å². The first-order chi connectivity index (χ1) is 10.1. The van der Waals surface area contributed by atoms with E-state index in [0.717, 1.165) is 29.0 Å². The molecule has 116 valence electrons. The quantitative estimate of drug-likeness (QED) is 0.731. The van der Waals surface area contributed by atoms with Crippen molar-refractivity contribution in [3.63, 3.8) is 0 Å². The van der Waals surface area contributed by atoms with Gasteiger partial charge < -0.3 is 9.30 Å². The van der Waals surface area contributed by atoms with Crippen LogP contribution in [-0.2, 0) is 11.2 Å². The van der Waals surface area contributed by atoms with E-state index < -0.39 is 0 Å². The summed E-state index contributed by atoms with van der Waals surface area (Å²) in [5.74, 6) is 1.99. The van der Waals surface area contributed by atoms with Crippen LogP contribution in [0.5, 0.6) is 0 Å². The molecule has 0 N–H and O–H groups in total. The molecule has 0 radical (unpaired) electrons. The molecule has 2 heterocycles. The smallest absolute Gasteiger partial charge is 0.160 e. The molecule has 0 spiro atoms. The lowest BCUT2D eigenvalue weighted by molar-refractivity contribution is 0.0967. The number of pyridine rings is 1. The van der Waals surface area contributed by atoms with Crippen molar-refractivity contribution in [2.75, 3.05) is 19.1 Å². The van der Waals surface area contributed by atoms with Gasteiger partial charge in [0.2, 0.25) is 0 Å². The molecule has 0 amide bonds. The Bertz CT molecular complexity index is 594. The summed E-state index contributed by atoms with van der Waals surface area (Å²) in [6.07, 6.45) is 2.63. The van der Waals surface area contributed by atoms with Gasteiger partial charge >= 0.3 is 0 Å². The fraction of sp³-hybridized carbons (Fsp3) is 0.625. The molecule has 5 heteroatoms. The van der Waals surface area contributed by atoms with E-state index in [1.807, 2.05) is 20.0 Å². The average Bonchev–Trinajstić information content (AvgIpc) is 2.77. The summed E-state index contributed by atoms with van der Waals surface area (Å²) < 4.78 is 7.90. The molecule has 0 saturated heterocycles. The van der Waals surface area contributed by atoms with Gasteiger partial charge in [-0.25, -0.2) is 9.97 Å². The Balaban J connectivity index is 2.53. The topological polar surface area (TPSA) is 39.9 Å². The van der Waals surface area contributed by atoms with E-state index in [-0.39, 0.29) is 6.04 Å². The normalized spacial score (nSPS) is 13.2. The van der Waals surface area contributed by atoms with Gasteiger partial charge in [0, 0.05) is 25.1 Å². The van der Waals surface area contributed by atoms with Crippen molar-refractivity contribution < 1.29 is 4.74 Å². The van der Waals surface area contributed by atoms with Gasteiger partial charge in [0.15, 0.2) is 5.65 Å². The second-order valence-corrected chi connectivity index (χ2v) is 6.04. The number of alkyl halides is 1. The van der Waals surface area contributed by atoms with Crippen LogP contribution in [0.15, 0.2) is 12.3 Å². The minimum atomic E-state index is 0.225. The molecule has 0 aromatic carbocycles. The van der Waals surface area contributed by atoms with Gasteiger partial charge in [-0.3, -0.25) is 0 Å². The molecule has 0 fully saturated rings. The molecule has 0 aliphatic heterocycles. The second-order valence-electron chi connectivity index (χ2n) is 5.66. The first-order valence-electron chi connectivity index (χ1n) is 7.55. The second kappa shape index (κ2) is 7.23. The summed E-state index contributed by atoms with van der Waals surface area (Å²) in [6.45, 7) is 9.84. The lowest BCUT2D eigenvalue weighted by Crippen LogP contribution is -2.23. The van der Waals surface area contributed by atoms with Crippen LogP contribution in [0.25, 0.3) is 11.2 Å². The molecular weight excluding hydrogens is 286 g/mol. The maximum absolute atomic E-state index is 5.95. The Morgan fingerprint density at radius 1 is 1.38 bits per heavy atom. The molecule has 1 atom stereocenters. The summed E-state index contributed by atoms with van der Waals surface area (Å²) in [7, 11) is 0. The molecule has 0 aliphatic carbocycles. The van der Waals surface area contributed by atoms with Crippen molar-refractivity contribution >= 4 is 22.8 Å². The molecule has 2 aromatic heterocycles. The van der Waals surface area contributed by atoms with Crippen LogP contribution in [0.4, 0.5) is 0 Å². The number of nitrogens with zero attached hydrogens (tertiary/aromatic N) is 3. The SMILES string of the molecule is CCOCC(C(C)C)n1c(CCCl)nc2cc(C)cnc21. The van der Waals surface area contributed by atoms with Gasteiger partial charge in [-0.2, -0.15) is 0 Å². The number of fused-ring (bicyclic) bond motifs is 1. The molecule has 0 saturated carbocycles. The van der Waals surface area contributed by atoms with Crippen molar-refractivity contribution in [2.45, 2.75) is 40.2 Å². The lowest BCUT2D eigenvalue weighted by atomic mass is 10.0. The van der Waals surface area contributed by atoms with Crippen molar-refractivity contribution in [3.05, 3.63) is 23.7 Å². The van der Waals surface area contributed by atoms with Gasteiger partial charge in [-0.05, 0) is 31.4 Å². The number of imidazole rings is 1. The van der Waals surface area contributed by atoms with Gasteiger partial charge in [0.25, 0.3) is 0 Å². The highest BCUT2D eigenvalue weighted by atomic mass is 35.5. The zero-order valence-corrected chi connectivity index (χ0v) is 14.0. The van der Waals surface area contributed by atoms with Crippen molar-refractivity contribution in [1.82, 2.24) is 14.5 Å². The van der Waals surface area contributed by atoms with E-state index in [0.29, 0.717) is 25.0 Å². The Kier molecular flexibility index (Phi) is 5.59. The average molecular weight is 310 g/mol. The summed E-state index contributed by atoms with van der Waals surface area (Å²) in [5, 5.41) is 0. The molecular formula is C16H24ClN3O. The molecule has 2 rings (SSSR count). The van der Waals surface area contributed by atoms with E-state index in [2.05, 4.69) is 29.5 Å². The van der Waals surface area contributed by atoms with Gasteiger partial charge in [-0.1, -0.05) is 13.8 Å². The van der Waals surface area contributed by atoms with Crippen LogP contribution < -0.4 is 0 Å². The fourth-order valence-corrected chi connectivity index (χ4v) is 2.71. The molecule has 2 aromatic rings. The van der Waals surface area contributed by atoms with E-state index in [1.165, 1.54) is 0 Å². The molecule has 4 nitrogen and oxygen atoms in total. The third kappa shape index (κ3) is 3.55. The molecule has 0 bridgehead atoms. The van der Waals surface area contributed by atoms with E-state index >= 15 is 0 Å². The highest BCUT2D eigenvalue weighted by Crippen LogP contribution is 2.26. The highest BCUT2D eigenvalue weighted by molar-refractivity contribution is 6.17. The van der Waals surface area contributed by atoms with E-state index in [1.54, 1.807) is 0 Å². The first-order valence-corrected chi connectivity index (χ1v) is 8.09. The predicted molar refractivity (Wildman–Crippen MR) is 87.1 cm³/mol. The standard InChI is InChI=1S/C16H24ClN3O/c1-5-21-10-14(11(2)3)20-15(6-7-17)19-13-8-12(4)9-18-16(13)20/h8-9,11,14H,5-7,10H2,1-4H3. The third-order valence-electron chi connectivity index (χ3n) is 3.65. The summed E-state index contributed by atoms with van der Waals surface area (Å²) in [4.78, 5) is 9.33. The third-order valence-corrected chi connectivity index (χ3v) is 3.84. The van der Waals surface area contributed by atoms with Crippen LogP contribution in [0.3, 0.4) is 0 Å². The van der Waals surface area contributed by atoms with Crippen LogP contribution >= 0.6 is 11.6 Å². The number of aryl methyl sites for hydroxylation is 2. The summed E-state index contributed by atoms with van der Waals surface area (Å²) in [6, 6.07) is 2.30. The van der Waals surface area contributed by atoms with Crippen LogP contribution in [0.1, 0.15) is 38.2 Å². The van der Waals surface area contributed by atoms with Gasteiger partial charge in [-0.15, -0.1) is 11.6 Å². The number of halogens is 1. The van der Waals surface area contributed by atoms with E-state index in [9.17, 15) is 0 Å². The van der Waals surface area contributed by atoms with Crippen molar-refractivity contribution in [2.24, 2.45) is 5.92 Å². The largest absolute Gasteiger partial charge is 0.380 e. The predicted octanol–water partition coefficient (Wildman–Crippen LogP) is 3.75. The monoisotopic (exact) mass is 309 g/mol. The fourth-order valence-electron chi connectivity index (χ4n) is 2.54. The first kappa shape index (κ1) is 16.2. The maximum Gasteiger partial charge on any atom is 0.160 e. The molecule has 0 aliphatic rings. The van der Waals surface area contributed by atoms with E-state index in [4.69, 9.17) is 21.3 Å². The highest BCUT2D eigenvalue weighted by Gasteiger charge is 2.22. The lowest BCUT2D eigenvalue weighted by Gasteiger charge is -2.24.